The summed E-state index contributed by atoms with van der Waals surface area (Å²) in [6.07, 6.45) is 3.92. The van der Waals surface area contributed by atoms with E-state index >= 15 is 0 Å². The Bertz CT molecular complexity index is 895. The maximum absolute atomic E-state index is 13.0. The van der Waals surface area contributed by atoms with Crippen molar-refractivity contribution in [2.24, 2.45) is 0 Å². The molecule has 0 saturated heterocycles. The number of hydrogen-bond acceptors (Lipinski definition) is 5. The highest BCUT2D eigenvalue weighted by Gasteiger charge is 2.29. The number of nitrogens with zero attached hydrogens (tertiary/aromatic N) is 1. The molecule has 1 atom stereocenters. The van der Waals surface area contributed by atoms with Crippen molar-refractivity contribution in [2.45, 2.75) is 29.4 Å². The highest BCUT2D eigenvalue weighted by Crippen LogP contribution is 2.32. The van der Waals surface area contributed by atoms with Crippen LogP contribution in [0.2, 0.25) is 5.02 Å². The minimum absolute atomic E-state index is 0.0446. The summed E-state index contributed by atoms with van der Waals surface area (Å²) in [5.41, 5.74) is 0.455. The van der Waals surface area contributed by atoms with Gasteiger partial charge in [-0.25, -0.2) is 16.8 Å². The Morgan fingerprint density at radius 2 is 1.68 bits per heavy atom. The summed E-state index contributed by atoms with van der Waals surface area (Å²) in [4.78, 5) is 4.37. The number of sulfone groups is 2. The number of pyridine rings is 1. The molecule has 25 heavy (non-hydrogen) atoms. The van der Waals surface area contributed by atoms with E-state index in [1.165, 1.54) is 30.5 Å². The molecule has 2 rings (SSSR count). The molecule has 0 amide bonds. The minimum Gasteiger partial charge on any atom is -0.260 e. The second-order valence-electron chi connectivity index (χ2n) is 5.87. The molecule has 1 aromatic heterocycles. The first-order chi connectivity index (χ1) is 11.7. The molecule has 0 spiro atoms. The Morgan fingerprint density at radius 1 is 1.00 bits per heavy atom. The predicted octanol–water partition coefficient (Wildman–Crippen LogP) is 3.46. The van der Waals surface area contributed by atoms with Gasteiger partial charge in [-0.3, -0.25) is 4.98 Å². The van der Waals surface area contributed by atoms with Gasteiger partial charge >= 0.3 is 0 Å². The van der Waals surface area contributed by atoms with Gasteiger partial charge in [-0.2, -0.15) is 0 Å². The van der Waals surface area contributed by atoms with Crippen molar-refractivity contribution in [2.75, 3.05) is 12.0 Å². The van der Waals surface area contributed by atoms with E-state index in [2.05, 4.69) is 4.98 Å². The first-order valence-corrected chi connectivity index (χ1v) is 11.8. The number of aromatic nitrogens is 1. The molecule has 0 radical (unpaired) electrons. The maximum atomic E-state index is 13.0. The fraction of sp³-hybridized carbons (Fsp3) is 0.353. The summed E-state index contributed by atoms with van der Waals surface area (Å²) in [7, 11) is -6.72. The summed E-state index contributed by atoms with van der Waals surface area (Å²) in [5, 5.41) is -0.365. The van der Waals surface area contributed by atoms with Crippen LogP contribution in [0.4, 0.5) is 0 Å². The van der Waals surface area contributed by atoms with Crippen molar-refractivity contribution >= 4 is 31.3 Å². The van der Waals surface area contributed by atoms with Gasteiger partial charge in [-0.1, -0.05) is 24.1 Å². The molecule has 1 aromatic carbocycles. The SMILES string of the molecule is CS(=O)(=O)CCCCC(c1ccccn1)S(=O)(=O)c1ccc(Cl)cc1. The van der Waals surface area contributed by atoms with Crippen LogP contribution in [0.3, 0.4) is 0 Å². The zero-order chi connectivity index (χ0) is 18.5. The van der Waals surface area contributed by atoms with Crippen LogP contribution in [0.25, 0.3) is 0 Å². The van der Waals surface area contributed by atoms with Crippen molar-refractivity contribution in [3.8, 4) is 0 Å². The van der Waals surface area contributed by atoms with E-state index < -0.39 is 24.9 Å². The van der Waals surface area contributed by atoms with E-state index in [1.54, 1.807) is 24.4 Å². The van der Waals surface area contributed by atoms with E-state index in [0.717, 1.165) is 0 Å². The van der Waals surface area contributed by atoms with Crippen LogP contribution in [0.1, 0.15) is 30.2 Å². The van der Waals surface area contributed by atoms with Gasteiger partial charge in [0.05, 0.1) is 10.6 Å². The van der Waals surface area contributed by atoms with E-state index in [1.807, 2.05) is 0 Å². The molecule has 0 aliphatic rings. The standard InChI is InChI=1S/C17H20ClNO4S2/c1-24(20,21)13-5-3-7-17(16-6-2-4-12-19-16)25(22,23)15-10-8-14(18)9-11-15/h2,4,6,8-12,17H,3,5,7,13H2,1H3. The molecular formula is C17H20ClNO4S2. The van der Waals surface area contributed by atoms with Crippen molar-refractivity contribution < 1.29 is 16.8 Å². The second kappa shape index (κ2) is 8.29. The van der Waals surface area contributed by atoms with Gasteiger partial charge in [0.25, 0.3) is 0 Å². The second-order valence-corrected chi connectivity index (χ2v) is 10.7. The number of unbranched alkanes of at least 4 members (excludes halogenated alkanes) is 1. The minimum atomic E-state index is -3.66. The summed E-state index contributed by atoms with van der Waals surface area (Å²) in [5.74, 6) is 0.0446. The molecule has 0 aliphatic heterocycles. The van der Waals surface area contributed by atoms with Crippen LogP contribution >= 0.6 is 11.6 Å². The summed E-state index contributed by atoms with van der Waals surface area (Å²) >= 11 is 5.84. The first-order valence-electron chi connectivity index (χ1n) is 7.78. The van der Waals surface area contributed by atoms with Gasteiger partial charge in [-0.15, -0.1) is 0 Å². The van der Waals surface area contributed by atoms with Crippen LogP contribution in [0, 0.1) is 0 Å². The molecule has 0 saturated carbocycles. The third kappa shape index (κ3) is 5.80. The van der Waals surface area contributed by atoms with Crippen LogP contribution in [-0.2, 0) is 19.7 Å². The molecule has 0 N–H and O–H groups in total. The first kappa shape index (κ1) is 19.9. The number of rotatable bonds is 8. The number of benzene rings is 1. The van der Waals surface area contributed by atoms with Crippen LogP contribution < -0.4 is 0 Å². The summed E-state index contributed by atoms with van der Waals surface area (Å²) in [6, 6.07) is 11.2. The Labute approximate surface area is 153 Å². The average Bonchev–Trinajstić information content (AvgIpc) is 2.54. The summed E-state index contributed by atoms with van der Waals surface area (Å²) in [6.45, 7) is 0. The van der Waals surface area contributed by atoms with Crippen molar-refractivity contribution in [3.63, 3.8) is 0 Å². The van der Waals surface area contributed by atoms with Gasteiger partial charge in [0.15, 0.2) is 9.84 Å². The van der Waals surface area contributed by atoms with Crippen molar-refractivity contribution in [1.82, 2.24) is 4.98 Å². The lowest BCUT2D eigenvalue weighted by atomic mass is 10.1. The zero-order valence-electron chi connectivity index (χ0n) is 13.8. The monoisotopic (exact) mass is 401 g/mol. The molecule has 5 nitrogen and oxygen atoms in total. The third-order valence-corrected chi connectivity index (χ3v) is 7.20. The van der Waals surface area contributed by atoms with Crippen molar-refractivity contribution in [1.29, 1.82) is 0 Å². The van der Waals surface area contributed by atoms with Crippen LogP contribution in [0.15, 0.2) is 53.6 Å². The molecular weight excluding hydrogens is 382 g/mol. The van der Waals surface area contributed by atoms with Gasteiger partial charge in [0.1, 0.15) is 15.1 Å². The lowest BCUT2D eigenvalue weighted by Crippen LogP contribution is -2.16. The fourth-order valence-corrected chi connectivity index (χ4v) is 5.14. The third-order valence-electron chi connectivity index (χ3n) is 3.77. The topological polar surface area (TPSA) is 81.2 Å². The van der Waals surface area contributed by atoms with Crippen LogP contribution in [0.5, 0.6) is 0 Å². The Morgan fingerprint density at radius 3 is 2.24 bits per heavy atom. The Kier molecular flexibility index (Phi) is 6.59. The molecule has 2 aromatic rings. The molecule has 0 fully saturated rings. The predicted molar refractivity (Wildman–Crippen MR) is 99.2 cm³/mol. The molecule has 0 aliphatic carbocycles. The van der Waals surface area contributed by atoms with Crippen LogP contribution in [-0.4, -0.2) is 33.8 Å². The smallest absolute Gasteiger partial charge is 0.186 e. The molecule has 1 heterocycles. The zero-order valence-corrected chi connectivity index (χ0v) is 16.2. The summed E-state index contributed by atoms with van der Waals surface area (Å²) < 4.78 is 48.6. The lowest BCUT2D eigenvalue weighted by molar-refractivity contribution is 0.564. The normalized spacial score (nSPS) is 13.5. The molecule has 1 unspecified atom stereocenters. The van der Waals surface area contributed by atoms with E-state index in [4.69, 9.17) is 11.6 Å². The van der Waals surface area contributed by atoms with Gasteiger partial charge < -0.3 is 0 Å². The molecule has 136 valence electrons. The van der Waals surface area contributed by atoms with E-state index in [-0.39, 0.29) is 10.6 Å². The lowest BCUT2D eigenvalue weighted by Gasteiger charge is -2.17. The Hall–Kier alpha value is -1.44. The number of hydrogen-bond donors (Lipinski definition) is 0. The molecule has 8 heteroatoms. The fourth-order valence-electron chi connectivity index (χ4n) is 2.51. The van der Waals surface area contributed by atoms with Crippen molar-refractivity contribution in [3.05, 3.63) is 59.4 Å². The van der Waals surface area contributed by atoms with E-state index in [0.29, 0.717) is 30.0 Å². The van der Waals surface area contributed by atoms with Gasteiger partial charge in [0, 0.05) is 23.2 Å². The highest BCUT2D eigenvalue weighted by molar-refractivity contribution is 7.91. The van der Waals surface area contributed by atoms with Gasteiger partial charge in [0.2, 0.25) is 0 Å². The highest BCUT2D eigenvalue weighted by atomic mass is 35.5. The maximum Gasteiger partial charge on any atom is 0.186 e. The van der Waals surface area contributed by atoms with E-state index in [9.17, 15) is 16.8 Å². The quantitative estimate of drug-likeness (QED) is 0.632. The number of halogens is 1. The molecule has 0 bridgehead atoms. The Balaban J connectivity index is 2.26. The average molecular weight is 402 g/mol. The largest absolute Gasteiger partial charge is 0.260 e. The van der Waals surface area contributed by atoms with Gasteiger partial charge in [-0.05, 0) is 49.2 Å².